The molecule has 46 heavy (non-hydrogen) atoms. The van der Waals surface area contributed by atoms with E-state index in [1.165, 1.54) is 30.9 Å². The van der Waals surface area contributed by atoms with Gasteiger partial charge >= 0.3 is 12.0 Å². The van der Waals surface area contributed by atoms with Crippen LogP contribution in [-0.4, -0.2) is 58.1 Å². The molecule has 12 heteroatoms. The molecule has 3 aromatic rings. The number of pyridine rings is 1. The third-order valence-corrected chi connectivity index (χ3v) is 14.3. The fourth-order valence-electron chi connectivity index (χ4n) is 6.42. The topological polar surface area (TPSA) is 100 Å². The summed E-state index contributed by atoms with van der Waals surface area (Å²) in [6, 6.07) is 7.36. The maximum absolute atomic E-state index is 16.2. The first-order valence-electron chi connectivity index (χ1n) is 16.0. The van der Waals surface area contributed by atoms with Gasteiger partial charge in [0, 0.05) is 24.3 Å². The van der Waals surface area contributed by atoms with Crippen LogP contribution in [0.3, 0.4) is 0 Å². The van der Waals surface area contributed by atoms with Crippen LogP contribution in [0.5, 0.6) is 0 Å². The van der Waals surface area contributed by atoms with Crippen LogP contribution in [0.25, 0.3) is 16.6 Å². The normalized spacial score (nSPS) is 15.4. The van der Waals surface area contributed by atoms with Gasteiger partial charge < -0.3 is 19.7 Å². The number of rotatable bonds is 11. The lowest BCUT2D eigenvalue weighted by Crippen LogP contribution is -2.52. The van der Waals surface area contributed by atoms with Crippen molar-refractivity contribution in [2.24, 2.45) is 0 Å². The van der Waals surface area contributed by atoms with Gasteiger partial charge in [-0.3, -0.25) is 0 Å². The Morgan fingerprint density at radius 1 is 1.11 bits per heavy atom. The van der Waals surface area contributed by atoms with Gasteiger partial charge in [0.15, 0.2) is 14.0 Å². The summed E-state index contributed by atoms with van der Waals surface area (Å²) >= 11 is 0. The number of benzene rings is 1. The minimum Gasteiger partial charge on any atom is -0.465 e. The summed E-state index contributed by atoms with van der Waals surface area (Å²) < 4.78 is 54.8. The lowest BCUT2D eigenvalue weighted by Gasteiger charge is -2.42. The molecule has 4 rings (SSSR count). The van der Waals surface area contributed by atoms with Crippen molar-refractivity contribution in [3.63, 3.8) is 0 Å². The van der Waals surface area contributed by atoms with Crippen molar-refractivity contribution in [1.82, 2.24) is 19.9 Å². The molecule has 0 saturated heterocycles. The zero-order valence-electron chi connectivity index (χ0n) is 28.3. The lowest BCUT2D eigenvalue weighted by molar-refractivity contribution is -0.161. The van der Waals surface area contributed by atoms with Gasteiger partial charge in [0.2, 0.25) is 0 Å². The van der Waals surface area contributed by atoms with Crippen LogP contribution in [0, 0.1) is 19.7 Å². The fourth-order valence-corrected chi connectivity index (χ4v) is 9.57. The smallest absolute Gasteiger partial charge is 0.407 e. The summed E-state index contributed by atoms with van der Waals surface area (Å²) in [7, 11) is -2.43. The van der Waals surface area contributed by atoms with E-state index in [0.29, 0.717) is 60.3 Å². The van der Waals surface area contributed by atoms with Crippen molar-refractivity contribution < 1.29 is 27.5 Å². The van der Waals surface area contributed by atoms with E-state index < -0.39 is 43.4 Å². The number of anilines is 1. The second-order valence-electron chi connectivity index (χ2n) is 12.8. The molecule has 1 aliphatic heterocycles. The molecule has 0 saturated carbocycles. The molecular weight excluding hydrogens is 611 g/mol. The van der Waals surface area contributed by atoms with Gasteiger partial charge in [-0.2, -0.15) is 8.78 Å². The number of fused-ring (bicyclic) bond motifs is 1. The summed E-state index contributed by atoms with van der Waals surface area (Å²) in [6.07, 6.45) is -0.429. The Balaban J connectivity index is 1.72. The molecular formula is C34H46F3N5O3Si. The van der Waals surface area contributed by atoms with E-state index in [1.807, 2.05) is 40.7 Å². The molecule has 0 aliphatic carbocycles. The average Bonchev–Trinajstić information content (AvgIpc) is 2.99. The molecule has 8 nitrogen and oxygen atoms in total. The maximum atomic E-state index is 16.2. The van der Waals surface area contributed by atoms with Crippen molar-refractivity contribution in [2.45, 2.75) is 104 Å². The second-order valence-corrected chi connectivity index (χ2v) is 17.5. The molecule has 1 aromatic carbocycles. The van der Waals surface area contributed by atoms with Crippen LogP contribution < -0.4 is 5.32 Å². The van der Waals surface area contributed by atoms with Crippen molar-refractivity contribution in [3.05, 3.63) is 63.9 Å². The number of halogens is 3. The minimum atomic E-state index is -3.60. The van der Waals surface area contributed by atoms with Crippen molar-refractivity contribution >= 4 is 36.8 Å². The third kappa shape index (κ3) is 6.64. The van der Waals surface area contributed by atoms with Crippen molar-refractivity contribution in [3.8, 4) is 0 Å². The first-order valence-corrected chi connectivity index (χ1v) is 18.5. The summed E-state index contributed by atoms with van der Waals surface area (Å²) in [5.41, 5.74) is 1.45. The lowest BCUT2D eigenvalue weighted by atomic mass is 9.90. The minimum absolute atomic E-state index is 0.0715. The van der Waals surface area contributed by atoms with Gasteiger partial charge in [-0.05, 0) is 94.9 Å². The van der Waals surface area contributed by atoms with Gasteiger partial charge in [0.1, 0.15) is 23.1 Å². The Morgan fingerprint density at radius 3 is 2.35 bits per heavy atom. The molecule has 0 unspecified atom stereocenters. The number of amides is 1. The van der Waals surface area contributed by atoms with E-state index in [1.54, 1.807) is 13.8 Å². The fraction of sp³-hybridized carbons (Fsp3) is 0.529. The van der Waals surface area contributed by atoms with E-state index in [0.717, 1.165) is 28.5 Å². The molecule has 250 valence electrons. The number of carboxylic acid groups (broad SMARTS) is 1. The predicted molar refractivity (Wildman–Crippen MR) is 178 cm³/mol. The van der Waals surface area contributed by atoms with Crippen LogP contribution in [-0.2, 0) is 10.3 Å². The van der Waals surface area contributed by atoms with E-state index >= 15 is 13.2 Å². The van der Waals surface area contributed by atoms with Gasteiger partial charge in [-0.25, -0.2) is 24.1 Å². The number of alkyl halides is 2. The van der Waals surface area contributed by atoms with Crippen molar-refractivity contribution in [2.75, 3.05) is 18.4 Å². The van der Waals surface area contributed by atoms with Crippen LogP contribution in [0.1, 0.15) is 89.1 Å². The van der Waals surface area contributed by atoms with E-state index in [2.05, 4.69) is 15.3 Å². The highest BCUT2D eigenvalue weighted by Gasteiger charge is 2.54. The maximum Gasteiger partial charge on any atom is 0.407 e. The van der Waals surface area contributed by atoms with Gasteiger partial charge in [-0.15, -0.1) is 0 Å². The molecule has 0 spiro atoms. The summed E-state index contributed by atoms with van der Waals surface area (Å²) in [5, 5.41) is 13.3. The first kappa shape index (κ1) is 35.3. The monoisotopic (exact) mass is 657 g/mol. The SMILES string of the molecule is CC[Si](CC)(CC)OC(C)(C)C(F)(F)c1cccc([C@@H](C)Nc2nc(C)nc3nc(C)c(C4=C(C)CN(C(=O)O)CC4)cc23)c1F. The highest BCUT2D eigenvalue weighted by Crippen LogP contribution is 2.46. The van der Waals surface area contributed by atoms with E-state index in [4.69, 9.17) is 9.41 Å². The van der Waals surface area contributed by atoms with Crippen LogP contribution in [0.15, 0.2) is 29.8 Å². The van der Waals surface area contributed by atoms with Gasteiger partial charge in [0.05, 0.1) is 17.0 Å². The zero-order chi connectivity index (χ0) is 34.2. The molecule has 0 radical (unpaired) electrons. The first-order chi connectivity index (χ1) is 21.5. The molecule has 2 N–H and O–H groups in total. The molecule has 2 aromatic heterocycles. The average molecular weight is 658 g/mol. The second kappa shape index (κ2) is 13.3. The molecule has 1 aliphatic rings. The third-order valence-electron chi connectivity index (χ3n) is 9.51. The molecule has 0 bridgehead atoms. The van der Waals surface area contributed by atoms with Crippen molar-refractivity contribution in [1.29, 1.82) is 0 Å². The summed E-state index contributed by atoms with van der Waals surface area (Å²) in [5.74, 6) is -3.74. The Bertz CT molecular complexity index is 1650. The van der Waals surface area contributed by atoms with E-state index in [9.17, 15) is 9.90 Å². The van der Waals surface area contributed by atoms with Gasteiger partial charge in [-0.1, -0.05) is 32.9 Å². The Hall–Kier alpha value is -3.51. The number of carbonyl (C=O) groups is 1. The largest absolute Gasteiger partial charge is 0.465 e. The number of nitrogens with one attached hydrogen (secondary N) is 1. The number of hydrogen-bond acceptors (Lipinski definition) is 6. The Kier molecular flexibility index (Phi) is 10.2. The number of aromatic nitrogens is 3. The highest BCUT2D eigenvalue weighted by atomic mass is 28.4. The predicted octanol–water partition coefficient (Wildman–Crippen LogP) is 9.00. The molecule has 1 atom stereocenters. The number of aryl methyl sites for hydroxylation is 2. The highest BCUT2D eigenvalue weighted by molar-refractivity contribution is 6.73. The Morgan fingerprint density at radius 2 is 1.76 bits per heavy atom. The zero-order valence-corrected chi connectivity index (χ0v) is 29.3. The summed E-state index contributed by atoms with van der Waals surface area (Å²) in [4.78, 5) is 26.7. The molecule has 3 heterocycles. The van der Waals surface area contributed by atoms with Crippen LogP contribution in [0.4, 0.5) is 23.8 Å². The number of hydrogen-bond donors (Lipinski definition) is 2. The van der Waals surface area contributed by atoms with Crippen LogP contribution >= 0.6 is 0 Å². The van der Waals surface area contributed by atoms with E-state index in [-0.39, 0.29) is 5.56 Å². The Labute approximate surface area is 270 Å². The summed E-state index contributed by atoms with van der Waals surface area (Å²) in [6.45, 7) is 16.5. The quantitative estimate of drug-likeness (QED) is 0.199. The molecule has 0 fully saturated rings. The number of nitrogens with zero attached hydrogens (tertiary/aromatic N) is 4. The molecule has 1 amide bonds. The van der Waals surface area contributed by atoms with Gasteiger partial charge in [0.25, 0.3) is 0 Å². The standard InChI is InChI=1S/C34H46F3N5O3Si/c1-10-46(11-2,12-3)45-33(8,9)34(36,37)28-15-13-14-25(29(28)35)21(5)38-30-27-18-26(22(6)39-31(27)41-23(7)40-30)24-16-17-42(32(43)44)19-20(24)4/h13-15,18,21H,10-12,16-17,19H2,1-9H3,(H,43,44)(H,38,39,40,41)/t21-/m1/s1. The van der Waals surface area contributed by atoms with Crippen LogP contribution in [0.2, 0.25) is 18.1 Å².